The fourth-order valence-corrected chi connectivity index (χ4v) is 3.68. The van der Waals surface area contributed by atoms with E-state index < -0.39 is 10.0 Å². The van der Waals surface area contributed by atoms with Crippen LogP contribution in [0.5, 0.6) is 0 Å². The number of nitrogens with two attached hydrogens (primary N) is 1. The molecule has 18 heavy (non-hydrogen) atoms. The summed E-state index contributed by atoms with van der Waals surface area (Å²) < 4.78 is 27.3. The van der Waals surface area contributed by atoms with Gasteiger partial charge in [-0.2, -0.15) is 0 Å². The highest BCUT2D eigenvalue weighted by Crippen LogP contribution is 2.32. The Kier molecular flexibility index (Phi) is 3.49. The van der Waals surface area contributed by atoms with Crippen molar-refractivity contribution in [1.82, 2.24) is 4.72 Å². The zero-order valence-corrected chi connectivity index (χ0v) is 11.6. The van der Waals surface area contributed by atoms with Crippen molar-refractivity contribution in [2.45, 2.75) is 49.6 Å². The maximum absolute atomic E-state index is 12.3. The second-order valence-corrected chi connectivity index (χ2v) is 7.06. The standard InChI is InChI=1S/C13H20N2O2S/c1-10(14)11-5-3-6-12(9-11)18(16,17)15-13(2)7-4-8-13/h3,5-6,9-10,15H,4,7-8,14H2,1-2H3. The fraction of sp³-hybridized carbons (Fsp3) is 0.538. The zero-order valence-electron chi connectivity index (χ0n) is 10.8. The number of rotatable bonds is 4. The summed E-state index contributed by atoms with van der Waals surface area (Å²) in [4.78, 5) is 0.297. The monoisotopic (exact) mass is 268 g/mol. The molecule has 1 fully saturated rings. The summed E-state index contributed by atoms with van der Waals surface area (Å²) in [6.45, 7) is 3.79. The van der Waals surface area contributed by atoms with Crippen molar-refractivity contribution in [2.24, 2.45) is 5.73 Å². The Bertz CT molecular complexity index is 534. The van der Waals surface area contributed by atoms with E-state index >= 15 is 0 Å². The summed E-state index contributed by atoms with van der Waals surface area (Å²) in [5.74, 6) is 0. The van der Waals surface area contributed by atoms with Gasteiger partial charge in [0, 0.05) is 11.6 Å². The molecule has 1 saturated carbocycles. The summed E-state index contributed by atoms with van der Waals surface area (Å²) in [6.07, 6.45) is 2.89. The lowest BCUT2D eigenvalue weighted by Gasteiger charge is -2.38. The van der Waals surface area contributed by atoms with Crippen molar-refractivity contribution in [3.8, 4) is 0 Å². The van der Waals surface area contributed by atoms with Gasteiger partial charge in [0.1, 0.15) is 0 Å². The third-order valence-electron chi connectivity index (χ3n) is 3.53. The third-order valence-corrected chi connectivity index (χ3v) is 5.17. The summed E-state index contributed by atoms with van der Waals surface area (Å²) in [7, 11) is -3.44. The maximum Gasteiger partial charge on any atom is 0.241 e. The molecule has 2 rings (SSSR count). The minimum Gasteiger partial charge on any atom is -0.324 e. The number of hydrogen-bond acceptors (Lipinski definition) is 3. The lowest BCUT2D eigenvalue weighted by Crippen LogP contribution is -2.50. The van der Waals surface area contributed by atoms with E-state index in [1.54, 1.807) is 18.2 Å². The topological polar surface area (TPSA) is 72.2 Å². The first-order valence-electron chi connectivity index (χ1n) is 6.22. The molecule has 0 amide bonds. The molecule has 4 nitrogen and oxygen atoms in total. The Labute approximate surface area is 109 Å². The SMILES string of the molecule is CC(N)c1cccc(S(=O)(=O)NC2(C)CCC2)c1. The van der Waals surface area contributed by atoms with Gasteiger partial charge in [0.15, 0.2) is 0 Å². The Balaban J connectivity index is 2.26. The van der Waals surface area contributed by atoms with Gasteiger partial charge in [-0.05, 0) is 50.8 Å². The summed E-state index contributed by atoms with van der Waals surface area (Å²) in [6, 6.07) is 6.66. The second kappa shape index (κ2) is 4.64. The number of hydrogen-bond donors (Lipinski definition) is 2. The van der Waals surface area contributed by atoms with Gasteiger partial charge in [0.25, 0.3) is 0 Å². The predicted molar refractivity (Wildman–Crippen MR) is 71.6 cm³/mol. The summed E-state index contributed by atoms with van der Waals surface area (Å²) in [5.41, 5.74) is 6.33. The van der Waals surface area contributed by atoms with Crippen LogP contribution in [-0.4, -0.2) is 14.0 Å². The molecule has 0 bridgehead atoms. The molecule has 0 aliphatic heterocycles. The van der Waals surface area contributed by atoms with E-state index in [1.165, 1.54) is 0 Å². The molecular weight excluding hydrogens is 248 g/mol. The van der Waals surface area contributed by atoms with Crippen LogP contribution >= 0.6 is 0 Å². The number of benzene rings is 1. The molecule has 1 aliphatic rings. The average molecular weight is 268 g/mol. The highest BCUT2D eigenvalue weighted by molar-refractivity contribution is 7.89. The van der Waals surface area contributed by atoms with Crippen LogP contribution in [0.1, 0.15) is 44.7 Å². The zero-order chi connectivity index (χ0) is 13.4. The normalized spacial score (nSPS) is 20.2. The molecule has 1 atom stereocenters. The molecule has 1 aromatic rings. The van der Waals surface area contributed by atoms with Gasteiger partial charge in [0.2, 0.25) is 10.0 Å². The summed E-state index contributed by atoms with van der Waals surface area (Å²) >= 11 is 0. The average Bonchev–Trinajstić information content (AvgIpc) is 2.26. The van der Waals surface area contributed by atoms with E-state index in [4.69, 9.17) is 5.73 Å². The number of sulfonamides is 1. The Morgan fingerprint density at radius 3 is 2.56 bits per heavy atom. The molecule has 0 aromatic heterocycles. The van der Waals surface area contributed by atoms with Crippen LogP contribution in [0.2, 0.25) is 0 Å². The lowest BCUT2D eigenvalue weighted by atomic mass is 9.80. The highest BCUT2D eigenvalue weighted by atomic mass is 32.2. The van der Waals surface area contributed by atoms with E-state index in [0.29, 0.717) is 4.90 Å². The predicted octanol–water partition coefficient (Wildman–Crippen LogP) is 1.93. The molecule has 0 heterocycles. The second-order valence-electron chi connectivity index (χ2n) is 5.38. The van der Waals surface area contributed by atoms with Gasteiger partial charge in [-0.3, -0.25) is 0 Å². The van der Waals surface area contributed by atoms with Crippen LogP contribution in [0.4, 0.5) is 0 Å². The quantitative estimate of drug-likeness (QED) is 0.876. The van der Waals surface area contributed by atoms with Gasteiger partial charge in [0.05, 0.1) is 4.90 Å². The molecule has 0 saturated heterocycles. The van der Waals surface area contributed by atoms with Gasteiger partial charge in [-0.25, -0.2) is 13.1 Å². The first-order valence-corrected chi connectivity index (χ1v) is 7.70. The van der Waals surface area contributed by atoms with Crippen molar-refractivity contribution in [3.63, 3.8) is 0 Å². The van der Waals surface area contributed by atoms with Crippen molar-refractivity contribution >= 4 is 10.0 Å². The minimum atomic E-state index is -3.44. The van der Waals surface area contributed by atoms with Crippen molar-refractivity contribution in [2.75, 3.05) is 0 Å². The van der Waals surface area contributed by atoms with Crippen molar-refractivity contribution in [3.05, 3.63) is 29.8 Å². The van der Waals surface area contributed by atoms with Crippen LogP contribution in [-0.2, 0) is 10.0 Å². The fourth-order valence-electron chi connectivity index (χ4n) is 2.16. The van der Waals surface area contributed by atoms with E-state index in [-0.39, 0.29) is 11.6 Å². The van der Waals surface area contributed by atoms with Gasteiger partial charge in [-0.15, -0.1) is 0 Å². The minimum absolute atomic E-state index is 0.167. The van der Waals surface area contributed by atoms with Crippen LogP contribution in [0, 0.1) is 0 Å². The smallest absolute Gasteiger partial charge is 0.241 e. The molecule has 0 radical (unpaired) electrons. The first kappa shape index (κ1) is 13.5. The molecule has 3 N–H and O–H groups in total. The van der Waals surface area contributed by atoms with E-state index in [2.05, 4.69) is 4.72 Å². The largest absolute Gasteiger partial charge is 0.324 e. The van der Waals surface area contributed by atoms with Crippen molar-refractivity contribution in [1.29, 1.82) is 0 Å². The van der Waals surface area contributed by atoms with Crippen molar-refractivity contribution < 1.29 is 8.42 Å². The molecule has 1 aromatic carbocycles. The first-order chi connectivity index (χ1) is 8.32. The lowest BCUT2D eigenvalue weighted by molar-refractivity contribution is 0.248. The highest BCUT2D eigenvalue weighted by Gasteiger charge is 2.36. The molecule has 0 spiro atoms. The Morgan fingerprint density at radius 1 is 1.39 bits per heavy atom. The van der Waals surface area contributed by atoms with Gasteiger partial charge < -0.3 is 5.73 Å². The van der Waals surface area contributed by atoms with Crippen LogP contribution in [0.3, 0.4) is 0 Å². The van der Waals surface area contributed by atoms with Gasteiger partial charge >= 0.3 is 0 Å². The molecule has 100 valence electrons. The van der Waals surface area contributed by atoms with Gasteiger partial charge in [-0.1, -0.05) is 12.1 Å². The summed E-state index contributed by atoms with van der Waals surface area (Å²) in [5, 5.41) is 0. The molecular formula is C13H20N2O2S. The Morgan fingerprint density at radius 2 is 2.06 bits per heavy atom. The molecule has 1 unspecified atom stereocenters. The van der Waals surface area contributed by atoms with Crippen LogP contribution in [0.25, 0.3) is 0 Å². The Hall–Kier alpha value is -0.910. The van der Waals surface area contributed by atoms with E-state index in [0.717, 1.165) is 24.8 Å². The van der Waals surface area contributed by atoms with Crippen LogP contribution < -0.4 is 10.5 Å². The molecule has 5 heteroatoms. The third kappa shape index (κ3) is 2.74. The maximum atomic E-state index is 12.3. The number of nitrogens with one attached hydrogen (secondary N) is 1. The van der Waals surface area contributed by atoms with Crippen LogP contribution in [0.15, 0.2) is 29.2 Å². The van der Waals surface area contributed by atoms with E-state index in [9.17, 15) is 8.42 Å². The molecule has 1 aliphatic carbocycles. The van der Waals surface area contributed by atoms with E-state index in [1.807, 2.05) is 19.9 Å².